The number of amides is 3. The maximum atomic E-state index is 12.1. The van der Waals surface area contributed by atoms with Crippen LogP contribution < -0.4 is 11.1 Å². The third-order valence-corrected chi connectivity index (χ3v) is 2.76. The van der Waals surface area contributed by atoms with E-state index in [0.717, 1.165) is 5.56 Å². The molecule has 18 heavy (non-hydrogen) atoms. The fourth-order valence-electron chi connectivity index (χ4n) is 1.74. The van der Waals surface area contributed by atoms with Crippen LogP contribution in [0.5, 0.6) is 0 Å². The monoisotopic (exact) mass is 247 g/mol. The highest BCUT2D eigenvalue weighted by molar-refractivity contribution is 6.05. The highest BCUT2D eigenvalue weighted by atomic mass is 16.2. The summed E-state index contributed by atoms with van der Waals surface area (Å²) in [5.74, 6) is -1.32. The number of nitrogens with two attached hydrogens (primary N) is 1. The van der Waals surface area contributed by atoms with Gasteiger partial charge in [0, 0.05) is 11.3 Å². The van der Waals surface area contributed by atoms with Crippen molar-refractivity contribution in [3.05, 3.63) is 29.3 Å². The summed E-state index contributed by atoms with van der Waals surface area (Å²) in [6.07, 6.45) is 0. The van der Waals surface area contributed by atoms with Gasteiger partial charge >= 0.3 is 0 Å². The molecule has 3 N–H and O–H groups in total. The molecule has 0 unspecified atom stereocenters. The molecular weight excluding hydrogens is 234 g/mol. The SMILES string of the molecule is Cc1ccc(C(=O)N2CC(=O)NC(=O)C2)cc1N. The second-order valence-electron chi connectivity index (χ2n) is 4.20. The maximum absolute atomic E-state index is 12.1. The predicted octanol–water partition coefficient (Wildman–Crippen LogP) is -0.324. The lowest BCUT2D eigenvalue weighted by molar-refractivity contribution is -0.135. The third kappa shape index (κ3) is 2.32. The number of nitrogen functional groups attached to an aromatic ring is 1. The zero-order chi connectivity index (χ0) is 13.3. The zero-order valence-electron chi connectivity index (χ0n) is 9.90. The van der Waals surface area contributed by atoms with Gasteiger partial charge < -0.3 is 10.6 Å². The van der Waals surface area contributed by atoms with E-state index in [1.165, 1.54) is 4.90 Å². The number of hydrogen-bond donors (Lipinski definition) is 2. The van der Waals surface area contributed by atoms with Crippen LogP contribution in [0.4, 0.5) is 5.69 Å². The molecule has 94 valence electrons. The molecule has 1 fully saturated rings. The van der Waals surface area contributed by atoms with E-state index in [4.69, 9.17) is 5.73 Å². The van der Waals surface area contributed by atoms with Crippen molar-refractivity contribution in [1.82, 2.24) is 10.2 Å². The average Bonchev–Trinajstić information content (AvgIpc) is 2.30. The molecule has 1 saturated heterocycles. The Labute approximate surface area is 104 Å². The molecule has 0 aliphatic carbocycles. The first-order chi connectivity index (χ1) is 8.47. The van der Waals surface area contributed by atoms with Crippen LogP contribution in [0.1, 0.15) is 15.9 Å². The van der Waals surface area contributed by atoms with E-state index in [0.29, 0.717) is 11.3 Å². The van der Waals surface area contributed by atoms with Gasteiger partial charge in [-0.1, -0.05) is 6.07 Å². The number of carbonyl (C=O) groups is 3. The van der Waals surface area contributed by atoms with Crippen molar-refractivity contribution < 1.29 is 14.4 Å². The Kier molecular flexibility index (Phi) is 3.01. The number of anilines is 1. The summed E-state index contributed by atoms with van der Waals surface area (Å²) < 4.78 is 0. The number of benzene rings is 1. The van der Waals surface area contributed by atoms with Gasteiger partial charge in [-0.3, -0.25) is 19.7 Å². The van der Waals surface area contributed by atoms with E-state index in [-0.39, 0.29) is 19.0 Å². The van der Waals surface area contributed by atoms with Crippen molar-refractivity contribution in [2.45, 2.75) is 6.92 Å². The minimum absolute atomic E-state index is 0.113. The number of nitrogens with one attached hydrogen (secondary N) is 1. The Morgan fingerprint density at radius 2 is 1.89 bits per heavy atom. The minimum Gasteiger partial charge on any atom is -0.398 e. The number of nitrogens with zero attached hydrogens (tertiary/aromatic N) is 1. The van der Waals surface area contributed by atoms with Gasteiger partial charge in [-0.2, -0.15) is 0 Å². The van der Waals surface area contributed by atoms with E-state index in [1.54, 1.807) is 18.2 Å². The number of rotatable bonds is 1. The van der Waals surface area contributed by atoms with Gasteiger partial charge in [-0.05, 0) is 24.6 Å². The van der Waals surface area contributed by atoms with Crippen LogP contribution in [-0.2, 0) is 9.59 Å². The van der Waals surface area contributed by atoms with Gasteiger partial charge in [0.25, 0.3) is 5.91 Å². The van der Waals surface area contributed by atoms with E-state index < -0.39 is 11.8 Å². The fraction of sp³-hybridized carbons (Fsp3) is 0.250. The molecule has 1 aromatic rings. The average molecular weight is 247 g/mol. The maximum Gasteiger partial charge on any atom is 0.254 e. The molecule has 0 atom stereocenters. The number of hydrogen-bond acceptors (Lipinski definition) is 4. The Morgan fingerprint density at radius 3 is 2.44 bits per heavy atom. The van der Waals surface area contributed by atoms with Crippen LogP contribution >= 0.6 is 0 Å². The van der Waals surface area contributed by atoms with Crippen LogP contribution in [0.15, 0.2) is 18.2 Å². The van der Waals surface area contributed by atoms with E-state index in [9.17, 15) is 14.4 Å². The van der Waals surface area contributed by atoms with Crippen molar-refractivity contribution in [1.29, 1.82) is 0 Å². The van der Waals surface area contributed by atoms with E-state index in [2.05, 4.69) is 5.32 Å². The van der Waals surface area contributed by atoms with Crippen LogP contribution in [0, 0.1) is 6.92 Å². The molecule has 0 saturated carbocycles. The Morgan fingerprint density at radius 1 is 1.28 bits per heavy atom. The molecule has 3 amide bonds. The smallest absolute Gasteiger partial charge is 0.254 e. The largest absolute Gasteiger partial charge is 0.398 e. The highest BCUT2D eigenvalue weighted by Gasteiger charge is 2.27. The molecule has 2 rings (SSSR count). The fourth-order valence-corrected chi connectivity index (χ4v) is 1.74. The third-order valence-electron chi connectivity index (χ3n) is 2.76. The first kappa shape index (κ1) is 12.1. The van der Waals surface area contributed by atoms with Crippen LogP contribution in [0.3, 0.4) is 0 Å². The lowest BCUT2D eigenvalue weighted by Gasteiger charge is -2.25. The van der Waals surface area contributed by atoms with Crippen molar-refractivity contribution in [3.63, 3.8) is 0 Å². The van der Waals surface area contributed by atoms with Crippen molar-refractivity contribution in [2.75, 3.05) is 18.8 Å². The molecule has 1 aromatic carbocycles. The first-order valence-corrected chi connectivity index (χ1v) is 5.45. The Bertz CT molecular complexity index is 523. The predicted molar refractivity (Wildman–Crippen MR) is 64.6 cm³/mol. The molecule has 1 heterocycles. The van der Waals surface area contributed by atoms with Crippen LogP contribution in [-0.4, -0.2) is 35.7 Å². The Hall–Kier alpha value is -2.37. The molecule has 0 spiro atoms. The van der Waals surface area contributed by atoms with Gasteiger partial charge in [0.05, 0.1) is 0 Å². The summed E-state index contributed by atoms with van der Waals surface area (Å²) in [4.78, 5) is 35.7. The van der Waals surface area contributed by atoms with Crippen molar-refractivity contribution >= 4 is 23.4 Å². The molecule has 6 heteroatoms. The lowest BCUT2D eigenvalue weighted by Crippen LogP contribution is -2.53. The van der Waals surface area contributed by atoms with Gasteiger partial charge in [0.15, 0.2) is 0 Å². The van der Waals surface area contributed by atoms with E-state index in [1.807, 2.05) is 6.92 Å². The van der Waals surface area contributed by atoms with Crippen LogP contribution in [0.25, 0.3) is 0 Å². The number of aryl methyl sites for hydroxylation is 1. The van der Waals surface area contributed by atoms with Gasteiger partial charge in [-0.25, -0.2) is 0 Å². The van der Waals surface area contributed by atoms with E-state index >= 15 is 0 Å². The second-order valence-corrected chi connectivity index (χ2v) is 4.20. The molecule has 0 aromatic heterocycles. The zero-order valence-corrected chi connectivity index (χ0v) is 9.90. The number of piperazine rings is 1. The minimum atomic E-state index is -0.473. The van der Waals surface area contributed by atoms with Crippen LogP contribution in [0.2, 0.25) is 0 Å². The second kappa shape index (κ2) is 4.48. The summed E-state index contributed by atoms with van der Waals surface area (Å²) in [6.45, 7) is 1.61. The Balaban J connectivity index is 2.22. The van der Waals surface area contributed by atoms with Crippen molar-refractivity contribution in [2.24, 2.45) is 0 Å². The molecule has 0 bridgehead atoms. The first-order valence-electron chi connectivity index (χ1n) is 5.45. The lowest BCUT2D eigenvalue weighted by atomic mass is 10.1. The summed E-state index contributed by atoms with van der Waals surface area (Å²) >= 11 is 0. The topological polar surface area (TPSA) is 92.5 Å². The summed E-state index contributed by atoms with van der Waals surface area (Å²) in [6, 6.07) is 4.91. The molecule has 6 nitrogen and oxygen atoms in total. The van der Waals surface area contributed by atoms with Crippen molar-refractivity contribution in [3.8, 4) is 0 Å². The standard InChI is InChI=1S/C12H13N3O3/c1-7-2-3-8(4-9(7)13)12(18)15-5-10(16)14-11(17)6-15/h2-4H,5-6,13H2,1H3,(H,14,16,17). The number of carbonyl (C=O) groups excluding carboxylic acids is 3. The normalized spacial score (nSPS) is 15.5. The molecular formula is C12H13N3O3. The molecule has 1 aliphatic rings. The van der Waals surface area contributed by atoms with Gasteiger partial charge in [-0.15, -0.1) is 0 Å². The summed E-state index contributed by atoms with van der Waals surface area (Å²) in [5, 5.41) is 2.14. The summed E-state index contributed by atoms with van der Waals surface area (Å²) in [7, 11) is 0. The molecule has 0 radical (unpaired) electrons. The number of imide groups is 1. The summed E-state index contributed by atoms with van der Waals surface area (Å²) in [5.41, 5.74) is 7.48. The van der Waals surface area contributed by atoms with Gasteiger partial charge in [0.1, 0.15) is 13.1 Å². The van der Waals surface area contributed by atoms with Gasteiger partial charge in [0.2, 0.25) is 11.8 Å². The molecule has 1 aliphatic heterocycles. The highest BCUT2D eigenvalue weighted by Crippen LogP contribution is 2.15. The quantitative estimate of drug-likeness (QED) is 0.525.